The van der Waals surface area contributed by atoms with E-state index >= 15 is 0 Å². The van der Waals surface area contributed by atoms with Gasteiger partial charge in [-0.3, -0.25) is 9.59 Å². The Hall–Kier alpha value is -2.44. The van der Waals surface area contributed by atoms with Crippen molar-refractivity contribution < 1.29 is 23.8 Å². The second-order valence-electron chi connectivity index (χ2n) is 6.89. The van der Waals surface area contributed by atoms with Gasteiger partial charge in [-0.1, -0.05) is 13.8 Å². The van der Waals surface area contributed by atoms with Crippen LogP contribution in [0.2, 0.25) is 0 Å². The number of nitrogens with one attached hydrogen (secondary N) is 2. The molecule has 0 unspecified atom stereocenters. The van der Waals surface area contributed by atoms with E-state index in [0.717, 1.165) is 6.42 Å². The molecule has 0 heterocycles. The van der Waals surface area contributed by atoms with Crippen LogP contribution in [0.1, 0.15) is 33.1 Å². The first-order valence-electron chi connectivity index (χ1n) is 8.77. The van der Waals surface area contributed by atoms with Crippen molar-refractivity contribution in [2.24, 2.45) is 11.3 Å². The van der Waals surface area contributed by atoms with Gasteiger partial charge in [0.05, 0.1) is 21.3 Å². The minimum Gasteiger partial charge on any atom is -0.493 e. The van der Waals surface area contributed by atoms with Gasteiger partial charge in [0.2, 0.25) is 17.6 Å². The Balaban J connectivity index is 2.10. The molecule has 2 amide bonds. The predicted octanol–water partition coefficient (Wildman–Crippen LogP) is 2.59. The lowest BCUT2D eigenvalue weighted by atomic mass is 10.0. The highest BCUT2D eigenvalue weighted by Gasteiger charge is 2.56. The number of amides is 2. The van der Waals surface area contributed by atoms with Crippen molar-refractivity contribution in [3.8, 4) is 17.2 Å². The van der Waals surface area contributed by atoms with Gasteiger partial charge in [-0.15, -0.1) is 0 Å². The SMILES string of the molecule is COc1cc(NC(=O)C2(C(=O)NCCC(C)C)CC2)cc(OC)c1OC. The van der Waals surface area contributed by atoms with Crippen molar-refractivity contribution in [3.05, 3.63) is 12.1 Å². The standard InChI is InChI=1S/C19H28N2O5/c1-12(2)6-9-20-17(22)19(7-8-19)18(23)21-13-10-14(24-3)16(26-5)15(11-13)25-4/h10-12H,6-9H2,1-5H3,(H,20,22)(H,21,23). The number of hydrogen-bond acceptors (Lipinski definition) is 5. The van der Waals surface area contributed by atoms with Crippen LogP contribution in [-0.4, -0.2) is 39.7 Å². The van der Waals surface area contributed by atoms with Gasteiger partial charge in [0, 0.05) is 24.4 Å². The summed E-state index contributed by atoms with van der Waals surface area (Å²) in [7, 11) is 4.53. The zero-order valence-corrected chi connectivity index (χ0v) is 16.1. The highest BCUT2D eigenvalue weighted by molar-refractivity contribution is 6.13. The molecule has 1 saturated carbocycles. The van der Waals surface area contributed by atoms with Crippen LogP contribution in [0.5, 0.6) is 17.2 Å². The number of carbonyl (C=O) groups excluding carboxylic acids is 2. The molecule has 1 aromatic rings. The quantitative estimate of drug-likeness (QED) is 0.658. The molecule has 0 aliphatic heterocycles. The van der Waals surface area contributed by atoms with Crippen molar-refractivity contribution in [2.45, 2.75) is 33.1 Å². The molecule has 0 bridgehead atoms. The van der Waals surface area contributed by atoms with Gasteiger partial charge in [-0.05, 0) is 25.2 Å². The molecule has 144 valence electrons. The predicted molar refractivity (Wildman–Crippen MR) is 98.9 cm³/mol. The van der Waals surface area contributed by atoms with E-state index in [9.17, 15) is 9.59 Å². The number of benzene rings is 1. The van der Waals surface area contributed by atoms with Crippen LogP contribution in [0.3, 0.4) is 0 Å². The maximum Gasteiger partial charge on any atom is 0.240 e. The number of rotatable bonds is 9. The van der Waals surface area contributed by atoms with Crippen molar-refractivity contribution in [1.29, 1.82) is 0 Å². The molecule has 1 aromatic carbocycles. The highest BCUT2D eigenvalue weighted by Crippen LogP contribution is 2.47. The average Bonchev–Trinajstić information content (AvgIpc) is 3.42. The van der Waals surface area contributed by atoms with Crippen molar-refractivity contribution in [1.82, 2.24) is 5.32 Å². The second kappa shape index (κ2) is 8.29. The van der Waals surface area contributed by atoms with Crippen molar-refractivity contribution in [2.75, 3.05) is 33.2 Å². The third kappa shape index (κ3) is 4.20. The fourth-order valence-corrected chi connectivity index (χ4v) is 2.73. The lowest BCUT2D eigenvalue weighted by Gasteiger charge is -2.18. The van der Waals surface area contributed by atoms with Gasteiger partial charge < -0.3 is 24.8 Å². The van der Waals surface area contributed by atoms with Crippen LogP contribution in [-0.2, 0) is 9.59 Å². The molecule has 1 aliphatic carbocycles. The molecule has 0 spiro atoms. The van der Waals surface area contributed by atoms with Crippen LogP contribution < -0.4 is 24.8 Å². The summed E-state index contributed by atoms with van der Waals surface area (Å²) < 4.78 is 15.9. The normalized spacial score (nSPS) is 14.5. The van der Waals surface area contributed by atoms with Crippen LogP contribution in [0.15, 0.2) is 12.1 Å². The first kappa shape index (κ1) is 19.9. The molecule has 1 fully saturated rings. The summed E-state index contributed by atoms with van der Waals surface area (Å²) >= 11 is 0. The largest absolute Gasteiger partial charge is 0.493 e. The first-order chi connectivity index (χ1) is 12.4. The Bertz CT molecular complexity index is 643. The topological polar surface area (TPSA) is 85.9 Å². The lowest BCUT2D eigenvalue weighted by molar-refractivity contribution is -0.134. The summed E-state index contributed by atoms with van der Waals surface area (Å²) in [5, 5.41) is 5.69. The van der Waals surface area contributed by atoms with E-state index in [0.29, 0.717) is 48.2 Å². The van der Waals surface area contributed by atoms with E-state index < -0.39 is 5.41 Å². The molecule has 0 saturated heterocycles. The van der Waals surface area contributed by atoms with E-state index in [1.807, 2.05) is 0 Å². The van der Waals surface area contributed by atoms with Gasteiger partial charge in [0.1, 0.15) is 5.41 Å². The smallest absolute Gasteiger partial charge is 0.240 e. The third-order valence-electron chi connectivity index (χ3n) is 4.55. The molecular weight excluding hydrogens is 336 g/mol. The fourth-order valence-electron chi connectivity index (χ4n) is 2.73. The van der Waals surface area contributed by atoms with Crippen LogP contribution in [0.4, 0.5) is 5.69 Å². The van der Waals surface area contributed by atoms with Gasteiger partial charge in [-0.2, -0.15) is 0 Å². The molecule has 7 heteroatoms. The zero-order chi connectivity index (χ0) is 19.3. The van der Waals surface area contributed by atoms with Crippen LogP contribution >= 0.6 is 0 Å². The minimum absolute atomic E-state index is 0.205. The third-order valence-corrected chi connectivity index (χ3v) is 4.55. The Morgan fingerprint density at radius 3 is 2.04 bits per heavy atom. The van der Waals surface area contributed by atoms with Gasteiger partial charge in [0.25, 0.3) is 0 Å². The first-order valence-corrected chi connectivity index (χ1v) is 8.77. The van der Waals surface area contributed by atoms with E-state index in [1.54, 1.807) is 12.1 Å². The van der Waals surface area contributed by atoms with Gasteiger partial charge in [0.15, 0.2) is 11.5 Å². The fraction of sp³-hybridized carbons (Fsp3) is 0.579. The minimum atomic E-state index is -0.975. The Morgan fingerprint density at radius 1 is 1.04 bits per heavy atom. The summed E-state index contributed by atoms with van der Waals surface area (Å²) in [6, 6.07) is 3.29. The lowest BCUT2D eigenvalue weighted by Crippen LogP contribution is -2.40. The molecule has 2 N–H and O–H groups in total. The summed E-state index contributed by atoms with van der Waals surface area (Å²) in [5.74, 6) is 1.30. The number of ether oxygens (including phenoxy) is 3. The van der Waals surface area contributed by atoms with E-state index in [1.165, 1.54) is 21.3 Å². The number of anilines is 1. The number of hydrogen-bond donors (Lipinski definition) is 2. The monoisotopic (exact) mass is 364 g/mol. The van der Waals surface area contributed by atoms with Crippen molar-refractivity contribution >= 4 is 17.5 Å². The molecule has 0 radical (unpaired) electrons. The molecule has 2 rings (SSSR count). The average molecular weight is 364 g/mol. The Labute approximate surface area is 154 Å². The van der Waals surface area contributed by atoms with E-state index in [-0.39, 0.29) is 11.8 Å². The Kier molecular flexibility index (Phi) is 6.34. The molecular formula is C19H28N2O5. The molecule has 26 heavy (non-hydrogen) atoms. The maximum atomic E-state index is 12.7. The van der Waals surface area contributed by atoms with Gasteiger partial charge >= 0.3 is 0 Å². The molecule has 1 aliphatic rings. The van der Waals surface area contributed by atoms with Gasteiger partial charge in [-0.25, -0.2) is 0 Å². The number of methoxy groups -OCH3 is 3. The summed E-state index contributed by atoms with van der Waals surface area (Å²) in [5.41, 5.74) is -0.483. The maximum absolute atomic E-state index is 12.7. The molecule has 0 atom stereocenters. The van der Waals surface area contributed by atoms with E-state index in [4.69, 9.17) is 14.2 Å². The summed E-state index contributed by atoms with van der Waals surface area (Å²) in [6.07, 6.45) is 1.99. The molecule has 0 aromatic heterocycles. The molecule has 7 nitrogen and oxygen atoms in total. The number of carbonyl (C=O) groups is 2. The van der Waals surface area contributed by atoms with Crippen LogP contribution in [0, 0.1) is 11.3 Å². The summed E-state index contributed by atoms with van der Waals surface area (Å²) in [4.78, 5) is 25.1. The highest BCUT2D eigenvalue weighted by atomic mass is 16.5. The second-order valence-corrected chi connectivity index (χ2v) is 6.89. The van der Waals surface area contributed by atoms with Crippen LogP contribution in [0.25, 0.3) is 0 Å². The Morgan fingerprint density at radius 2 is 1.62 bits per heavy atom. The van der Waals surface area contributed by atoms with E-state index in [2.05, 4.69) is 24.5 Å². The summed E-state index contributed by atoms with van der Waals surface area (Å²) in [6.45, 7) is 4.77. The van der Waals surface area contributed by atoms with Crippen molar-refractivity contribution in [3.63, 3.8) is 0 Å². The zero-order valence-electron chi connectivity index (χ0n) is 16.1.